The number of piperidine rings is 1. The maximum absolute atomic E-state index is 12.3. The second-order valence-electron chi connectivity index (χ2n) is 5.31. The van der Waals surface area contributed by atoms with Crippen molar-refractivity contribution >= 4 is 27.7 Å². The summed E-state index contributed by atoms with van der Waals surface area (Å²) < 4.78 is 0.736. The number of hydrogen-bond acceptors (Lipinski definition) is 2. The lowest BCUT2D eigenvalue weighted by molar-refractivity contribution is -0.133. The Morgan fingerprint density at radius 3 is 2.81 bits per heavy atom. The van der Waals surface area contributed by atoms with Crippen LogP contribution in [0.1, 0.15) is 43.0 Å². The monoisotopic (exact) mass is 352 g/mol. The molecule has 1 heterocycles. The van der Waals surface area contributed by atoms with Crippen molar-refractivity contribution in [2.45, 2.75) is 38.6 Å². The molecule has 5 heteroatoms. The number of amides is 2. The molecule has 1 aliphatic rings. The summed E-state index contributed by atoms with van der Waals surface area (Å²) in [4.78, 5) is 26.3. The highest BCUT2D eigenvalue weighted by Crippen LogP contribution is 2.19. The number of halogens is 1. The van der Waals surface area contributed by atoms with E-state index in [-0.39, 0.29) is 18.4 Å². The number of carbonyl (C=O) groups excluding carboxylic acids is 2. The van der Waals surface area contributed by atoms with Gasteiger partial charge in [0.05, 0.1) is 12.1 Å². The van der Waals surface area contributed by atoms with Gasteiger partial charge in [0.2, 0.25) is 5.91 Å². The Kier molecular flexibility index (Phi) is 5.79. The van der Waals surface area contributed by atoms with E-state index in [1.807, 2.05) is 17.0 Å². The largest absolute Gasteiger partial charge is 0.343 e. The quantitative estimate of drug-likeness (QED) is 0.905. The van der Waals surface area contributed by atoms with Crippen LogP contribution in [0.2, 0.25) is 0 Å². The number of rotatable bonds is 4. The van der Waals surface area contributed by atoms with Gasteiger partial charge in [-0.2, -0.15) is 0 Å². The minimum Gasteiger partial charge on any atom is -0.343 e. The highest BCUT2D eigenvalue weighted by atomic mass is 79.9. The molecule has 1 atom stereocenters. The van der Waals surface area contributed by atoms with Crippen LogP contribution in [-0.2, 0) is 4.79 Å². The minimum atomic E-state index is -0.221. The van der Waals surface area contributed by atoms with Gasteiger partial charge in [0.15, 0.2) is 0 Å². The van der Waals surface area contributed by atoms with Crippen molar-refractivity contribution in [3.8, 4) is 0 Å². The van der Waals surface area contributed by atoms with Crippen molar-refractivity contribution in [2.75, 3.05) is 13.1 Å². The fourth-order valence-electron chi connectivity index (χ4n) is 2.75. The molecular weight excluding hydrogens is 332 g/mol. The summed E-state index contributed by atoms with van der Waals surface area (Å²) >= 11 is 3.35. The Morgan fingerprint density at radius 2 is 2.10 bits per heavy atom. The van der Waals surface area contributed by atoms with E-state index in [1.165, 1.54) is 6.42 Å². The van der Waals surface area contributed by atoms with E-state index in [0.717, 1.165) is 30.3 Å². The SMILES string of the molecule is CCC1CCCCN1C(=O)CNC(=O)c1ccccc1Br. The molecule has 2 rings (SSSR count). The van der Waals surface area contributed by atoms with E-state index in [9.17, 15) is 9.59 Å². The number of nitrogens with one attached hydrogen (secondary N) is 1. The molecule has 114 valence electrons. The summed E-state index contributed by atoms with van der Waals surface area (Å²) in [5, 5.41) is 2.72. The van der Waals surface area contributed by atoms with E-state index < -0.39 is 0 Å². The average molecular weight is 353 g/mol. The Bertz CT molecular complexity index is 519. The van der Waals surface area contributed by atoms with Crippen LogP contribution in [0, 0.1) is 0 Å². The molecule has 0 spiro atoms. The number of hydrogen-bond donors (Lipinski definition) is 1. The summed E-state index contributed by atoms with van der Waals surface area (Å²) in [6.45, 7) is 2.98. The number of likely N-dealkylation sites (tertiary alicyclic amines) is 1. The molecular formula is C16H21BrN2O2. The zero-order chi connectivity index (χ0) is 15.2. The smallest absolute Gasteiger partial charge is 0.252 e. The first kappa shape index (κ1) is 16.0. The molecule has 1 fully saturated rings. The van der Waals surface area contributed by atoms with Gasteiger partial charge in [-0.1, -0.05) is 19.1 Å². The normalized spacial score (nSPS) is 18.4. The lowest BCUT2D eigenvalue weighted by atomic mass is 10.00. The number of benzene rings is 1. The van der Waals surface area contributed by atoms with E-state index >= 15 is 0 Å². The van der Waals surface area contributed by atoms with Crippen molar-refractivity contribution in [2.24, 2.45) is 0 Å². The molecule has 0 aliphatic carbocycles. The third-order valence-electron chi connectivity index (χ3n) is 3.94. The van der Waals surface area contributed by atoms with Crippen LogP contribution in [0.5, 0.6) is 0 Å². The first-order valence-corrected chi connectivity index (χ1v) is 8.25. The van der Waals surface area contributed by atoms with Crippen LogP contribution in [0.25, 0.3) is 0 Å². The van der Waals surface area contributed by atoms with E-state index in [1.54, 1.807) is 12.1 Å². The predicted molar refractivity (Wildman–Crippen MR) is 86.1 cm³/mol. The maximum atomic E-state index is 12.3. The number of nitrogens with zero attached hydrogens (tertiary/aromatic N) is 1. The van der Waals surface area contributed by atoms with Gasteiger partial charge in [0.25, 0.3) is 5.91 Å². The summed E-state index contributed by atoms with van der Waals surface area (Å²) in [7, 11) is 0. The van der Waals surface area contributed by atoms with Gasteiger partial charge < -0.3 is 10.2 Å². The van der Waals surface area contributed by atoms with Gasteiger partial charge >= 0.3 is 0 Å². The molecule has 4 nitrogen and oxygen atoms in total. The first-order chi connectivity index (χ1) is 10.1. The second kappa shape index (κ2) is 7.59. The van der Waals surface area contributed by atoms with Crippen LogP contribution in [-0.4, -0.2) is 35.8 Å². The summed E-state index contributed by atoms with van der Waals surface area (Å²) in [5.74, 6) is -0.206. The van der Waals surface area contributed by atoms with Gasteiger partial charge in [0, 0.05) is 17.1 Å². The average Bonchev–Trinajstić information content (AvgIpc) is 2.52. The van der Waals surface area contributed by atoms with Crippen LogP contribution in [0.15, 0.2) is 28.7 Å². The standard InChI is InChI=1S/C16H21BrN2O2/c1-2-12-7-5-6-10-19(12)15(20)11-18-16(21)13-8-3-4-9-14(13)17/h3-4,8-9,12H,2,5-7,10-11H2,1H3,(H,18,21). The molecule has 1 N–H and O–H groups in total. The van der Waals surface area contributed by atoms with Gasteiger partial charge in [-0.25, -0.2) is 0 Å². The van der Waals surface area contributed by atoms with Crippen molar-refractivity contribution in [1.82, 2.24) is 10.2 Å². The molecule has 0 radical (unpaired) electrons. The summed E-state index contributed by atoms with van der Waals surface area (Å²) in [6.07, 6.45) is 4.29. The first-order valence-electron chi connectivity index (χ1n) is 7.45. The molecule has 0 aromatic heterocycles. The lowest BCUT2D eigenvalue weighted by Crippen LogP contribution is -2.47. The van der Waals surface area contributed by atoms with Crippen molar-refractivity contribution in [1.29, 1.82) is 0 Å². The van der Waals surface area contributed by atoms with Crippen molar-refractivity contribution < 1.29 is 9.59 Å². The highest BCUT2D eigenvalue weighted by molar-refractivity contribution is 9.10. The molecule has 1 unspecified atom stereocenters. The lowest BCUT2D eigenvalue weighted by Gasteiger charge is -2.35. The van der Waals surface area contributed by atoms with Gasteiger partial charge in [-0.05, 0) is 53.7 Å². The Balaban J connectivity index is 1.91. The van der Waals surface area contributed by atoms with E-state index in [0.29, 0.717) is 11.6 Å². The van der Waals surface area contributed by atoms with E-state index in [4.69, 9.17) is 0 Å². The maximum Gasteiger partial charge on any atom is 0.252 e. The third kappa shape index (κ3) is 4.06. The molecule has 21 heavy (non-hydrogen) atoms. The zero-order valence-electron chi connectivity index (χ0n) is 12.3. The molecule has 0 bridgehead atoms. The van der Waals surface area contributed by atoms with Crippen molar-refractivity contribution in [3.05, 3.63) is 34.3 Å². The zero-order valence-corrected chi connectivity index (χ0v) is 13.9. The van der Waals surface area contributed by atoms with Crippen LogP contribution >= 0.6 is 15.9 Å². The molecule has 0 saturated carbocycles. The summed E-state index contributed by atoms with van der Waals surface area (Å²) in [5.41, 5.74) is 0.552. The van der Waals surface area contributed by atoms with Gasteiger partial charge in [-0.3, -0.25) is 9.59 Å². The Morgan fingerprint density at radius 1 is 1.33 bits per heavy atom. The van der Waals surface area contributed by atoms with Crippen LogP contribution in [0.4, 0.5) is 0 Å². The van der Waals surface area contributed by atoms with Gasteiger partial charge in [0.1, 0.15) is 0 Å². The van der Waals surface area contributed by atoms with Gasteiger partial charge in [-0.15, -0.1) is 0 Å². The minimum absolute atomic E-state index is 0.0157. The fourth-order valence-corrected chi connectivity index (χ4v) is 3.22. The predicted octanol–water partition coefficient (Wildman–Crippen LogP) is 2.97. The molecule has 1 saturated heterocycles. The molecule has 1 aliphatic heterocycles. The van der Waals surface area contributed by atoms with Crippen LogP contribution < -0.4 is 5.32 Å². The Labute approximate surface area is 134 Å². The third-order valence-corrected chi connectivity index (χ3v) is 4.63. The molecule has 2 amide bonds. The van der Waals surface area contributed by atoms with Crippen molar-refractivity contribution in [3.63, 3.8) is 0 Å². The topological polar surface area (TPSA) is 49.4 Å². The molecule has 1 aromatic carbocycles. The van der Waals surface area contributed by atoms with Crippen LogP contribution in [0.3, 0.4) is 0 Å². The highest BCUT2D eigenvalue weighted by Gasteiger charge is 2.25. The Hall–Kier alpha value is -1.36. The summed E-state index contributed by atoms with van der Waals surface area (Å²) in [6, 6.07) is 7.53. The molecule has 1 aromatic rings. The van der Waals surface area contributed by atoms with E-state index in [2.05, 4.69) is 28.2 Å². The number of carbonyl (C=O) groups is 2. The fraction of sp³-hybridized carbons (Fsp3) is 0.500. The second-order valence-corrected chi connectivity index (χ2v) is 6.16.